The van der Waals surface area contributed by atoms with Crippen molar-refractivity contribution in [2.45, 2.75) is 13.5 Å². The molecule has 0 bridgehead atoms. The Bertz CT molecular complexity index is 916. The highest BCUT2D eigenvalue weighted by Crippen LogP contribution is 2.19. The maximum atomic E-state index is 12.2. The summed E-state index contributed by atoms with van der Waals surface area (Å²) in [5.41, 5.74) is 3.27. The molecule has 1 amide bonds. The van der Waals surface area contributed by atoms with E-state index in [0.29, 0.717) is 24.2 Å². The van der Waals surface area contributed by atoms with Crippen molar-refractivity contribution in [1.82, 2.24) is 14.9 Å². The highest BCUT2D eigenvalue weighted by atomic mass is 16.1. The lowest BCUT2D eigenvalue weighted by Gasteiger charge is -2.08. The molecule has 3 aromatic rings. The van der Waals surface area contributed by atoms with Crippen molar-refractivity contribution in [1.29, 1.82) is 0 Å². The van der Waals surface area contributed by atoms with Gasteiger partial charge in [-0.3, -0.25) is 14.2 Å². The van der Waals surface area contributed by atoms with E-state index in [1.165, 1.54) is 17.1 Å². The van der Waals surface area contributed by atoms with Gasteiger partial charge in [-0.25, -0.2) is 4.98 Å². The van der Waals surface area contributed by atoms with E-state index >= 15 is 0 Å². The van der Waals surface area contributed by atoms with Gasteiger partial charge in [0.15, 0.2) is 0 Å². The fourth-order valence-corrected chi connectivity index (χ4v) is 2.56. The Hall–Kier alpha value is -3.21. The summed E-state index contributed by atoms with van der Waals surface area (Å²) in [6, 6.07) is 17.5. The Balaban J connectivity index is 1.60. The van der Waals surface area contributed by atoms with Crippen LogP contribution < -0.4 is 10.9 Å². The van der Waals surface area contributed by atoms with Crippen molar-refractivity contribution in [3.63, 3.8) is 0 Å². The van der Waals surface area contributed by atoms with E-state index in [0.717, 1.165) is 11.1 Å². The number of nitrogens with one attached hydrogen (secondary N) is 1. The van der Waals surface area contributed by atoms with E-state index in [-0.39, 0.29) is 11.5 Å². The standard InChI is InChI=1S/C20H19N3O2/c1-15-13-21-14-23(20(15)25)12-11-22-19(24)18-9-7-17(8-10-18)16-5-3-2-4-6-16/h2-10,13-14H,11-12H2,1H3,(H,22,24). The summed E-state index contributed by atoms with van der Waals surface area (Å²) in [5, 5.41) is 2.83. The number of aromatic nitrogens is 2. The molecule has 0 saturated carbocycles. The van der Waals surface area contributed by atoms with Crippen LogP contribution >= 0.6 is 0 Å². The van der Waals surface area contributed by atoms with Gasteiger partial charge in [0, 0.05) is 30.4 Å². The first-order valence-corrected chi connectivity index (χ1v) is 8.10. The molecular weight excluding hydrogens is 314 g/mol. The molecule has 3 rings (SSSR count). The molecule has 1 N–H and O–H groups in total. The van der Waals surface area contributed by atoms with E-state index in [2.05, 4.69) is 10.3 Å². The molecule has 1 heterocycles. The third-order valence-corrected chi connectivity index (χ3v) is 3.96. The van der Waals surface area contributed by atoms with Gasteiger partial charge in [0.2, 0.25) is 0 Å². The lowest BCUT2D eigenvalue weighted by molar-refractivity contribution is 0.0952. The van der Waals surface area contributed by atoms with Crippen LogP contribution in [-0.2, 0) is 6.54 Å². The number of amides is 1. The number of rotatable bonds is 5. The minimum absolute atomic E-state index is 0.0866. The molecule has 0 spiro atoms. The van der Waals surface area contributed by atoms with Crippen molar-refractivity contribution in [3.8, 4) is 11.1 Å². The quantitative estimate of drug-likeness (QED) is 0.781. The minimum Gasteiger partial charge on any atom is -0.350 e. The first-order chi connectivity index (χ1) is 12.1. The van der Waals surface area contributed by atoms with Gasteiger partial charge in [0.25, 0.3) is 11.5 Å². The van der Waals surface area contributed by atoms with Crippen LogP contribution in [0.1, 0.15) is 15.9 Å². The fourth-order valence-electron chi connectivity index (χ4n) is 2.56. The molecule has 1 aromatic heterocycles. The predicted octanol–water partition coefficient (Wildman–Crippen LogP) is 2.65. The average Bonchev–Trinajstić information content (AvgIpc) is 2.66. The Morgan fingerprint density at radius 2 is 1.72 bits per heavy atom. The molecule has 0 aliphatic rings. The predicted molar refractivity (Wildman–Crippen MR) is 97.4 cm³/mol. The van der Waals surface area contributed by atoms with Crippen LogP contribution in [0.4, 0.5) is 0 Å². The largest absolute Gasteiger partial charge is 0.350 e. The fraction of sp³-hybridized carbons (Fsp3) is 0.150. The topological polar surface area (TPSA) is 64.0 Å². The third kappa shape index (κ3) is 4.01. The zero-order chi connectivity index (χ0) is 17.6. The highest BCUT2D eigenvalue weighted by Gasteiger charge is 2.06. The van der Waals surface area contributed by atoms with E-state index in [1.54, 1.807) is 19.1 Å². The lowest BCUT2D eigenvalue weighted by Crippen LogP contribution is -2.31. The summed E-state index contributed by atoms with van der Waals surface area (Å²) in [5.74, 6) is -0.159. The molecule has 0 aliphatic carbocycles. The van der Waals surface area contributed by atoms with E-state index in [1.807, 2.05) is 42.5 Å². The van der Waals surface area contributed by atoms with Gasteiger partial charge in [0.05, 0.1) is 6.33 Å². The zero-order valence-corrected chi connectivity index (χ0v) is 14.0. The number of carbonyl (C=O) groups is 1. The van der Waals surface area contributed by atoms with Crippen molar-refractivity contribution in [3.05, 3.63) is 88.6 Å². The number of benzene rings is 2. The zero-order valence-electron chi connectivity index (χ0n) is 14.0. The van der Waals surface area contributed by atoms with Gasteiger partial charge < -0.3 is 5.32 Å². The summed E-state index contributed by atoms with van der Waals surface area (Å²) in [6.45, 7) is 2.48. The molecule has 0 radical (unpaired) electrons. The number of nitrogens with zero attached hydrogens (tertiary/aromatic N) is 2. The van der Waals surface area contributed by atoms with Crippen LogP contribution in [0.5, 0.6) is 0 Å². The van der Waals surface area contributed by atoms with Crippen LogP contribution in [-0.4, -0.2) is 22.0 Å². The summed E-state index contributed by atoms with van der Waals surface area (Å²) in [4.78, 5) is 28.1. The van der Waals surface area contributed by atoms with Crippen molar-refractivity contribution >= 4 is 5.91 Å². The second-order valence-electron chi connectivity index (χ2n) is 5.77. The van der Waals surface area contributed by atoms with Crippen LogP contribution in [0.25, 0.3) is 11.1 Å². The first-order valence-electron chi connectivity index (χ1n) is 8.10. The molecule has 2 aromatic carbocycles. The second kappa shape index (κ2) is 7.57. The SMILES string of the molecule is Cc1cncn(CCNC(=O)c2ccc(-c3ccccc3)cc2)c1=O. The first kappa shape index (κ1) is 16.6. The van der Waals surface area contributed by atoms with Crippen molar-refractivity contribution < 1.29 is 4.79 Å². The van der Waals surface area contributed by atoms with Crippen molar-refractivity contribution in [2.75, 3.05) is 6.54 Å². The molecule has 126 valence electrons. The van der Waals surface area contributed by atoms with Crippen LogP contribution in [0.3, 0.4) is 0 Å². The Kier molecular flexibility index (Phi) is 5.04. The third-order valence-electron chi connectivity index (χ3n) is 3.96. The van der Waals surface area contributed by atoms with Gasteiger partial charge in [-0.15, -0.1) is 0 Å². The van der Waals surface area contributed by atoms with E-state index < -0.39 is 0 Å². The maximum Gasteiger partial charge on any atom is 0.256 e. The Morgan fingerprint density at radius 1 is 1.04 bits per heavy atom. The highest BCUT2D eigenvalue weighted by molar-refractivity contribution is 5.94. The van der Waals surface area contributed by atoms with Gasteiger partial charge in [-0.05, 0) is 30.2 Å². The molecule has 0 fully saturated rings. The normalized spacial score (nSPS) is 10.4. The average molecular weight is 333 g/mol. The molecule has 5 heteroatoms. The van der Waals surface area contributed by atoms with E-state index in [4.69, 9.17) is 0 Å². The number of carbonyl (C=O) groups excluding carboxylic acids is 1. The monoisotopic (exact) mass is 333 g/mol. The van der Waals surface area contributed by atoms with Crippen LogP contribution in [0.2, 0.25) is 0 Å². The molecule has 0 saturated heterocycles. The van der Waals surface area contributed by atoms with Crippen molar-refractivity contribution in [2.24, 2.45) is 0 Å². The molecule has 25 heavy (non-hydrogen) atoms. The van der Waals surface area contributed by atoms with E-state index in [9.17, 15) is 9.59 Å². The summed E-state index contributed by atoms with van der Waals surface area (Å²) >= 11 is 0. The van der Waals surface area contributed by atoms with Gasteiger partial charge in [0.1, 0.15) is 0 Å². The molecule has 0 unspecified atom stereocenters. The summed E-state index contributed by atoms with van der Waals surface area (Å²) < 4.78 is 1.49. The summed E-state index contributed by atoms with van der Waals surface area (Å²) in [6.07, 6.45) is 3.02. The maximum absolute atomic E-state index is 12.2. The van der Waals surface area contributed by atoms with Crippen LogP contribution in [0.15, 0.2) is 71.9 Å². The molecule has 0 aliphatic heterocycles. The Morgan fingerprint density at radius 3 is 2.44 bits per heavy atom. The lowest BCUT2D eigenvalue weighted by atomic mass is 10.0. The van der Waals surface area contributed by atoms with Gasteiger partial charge >= 0.3 is 0 Å². The Labute approximate surface area is 146 Å². The van der Waals surface area contributed by atoms with Crippen LogP contribution in [0, 0.1) is 6.92 Å². The molecule has 5 nitrogen and oxygen atoms in total. The van der Waals surface area contributed by atoms with Gasteiger partial charge in [-0.1, -0.05) is 42.5 Å². The minimum atomic E-state index is -0.159. The van der Waals surface area contributed by atoms with Gasteiger partial charge in [-0.2, -0.15) is 0 Å². The summed E-state index contributed by atoms with van der Waals surface area (Å²) in [7, 11) is 0. The molecule has 0 atom stereocenters. The number of hydrogen-bond donors (Lipinski definition) is 1. The number of aryl methyl sites for hydroxylation is 1. The second-order valence-corrected chi connectivity index (χ2v) is 5.77. The smallest absolute Gasteiger partial charge is 0.256 e. The number of hydrogen-bond acceptors (Lipinski definition) is 3. The molecular formula is C20H19N3O2.